The third kappa shape index (κ3) is 2.49. The van der Waals surface area contributed by atoms with Gasteiger partial charge in [0.05, 0.1) is 12.2 Å². The molecule has 0 saturated carbocycles. The third-order valence-corrected chi connectivity index (χ3v) is 2.64. The standard InChI is InChI=1S/C13H17N3/c1-11-7-9-16(15-11)10-13-5-3-2-4-12(13)6-8-14/h2-5,7,9H,6,8,10,14H2,1H3. The number of aromatic nitrogens is 2. The van der Waals surface area contributed by atoms with Gasteiger partial charge in [-0.3, -0.25) is 4.68 Å². The molecule has 0 amide bonds. The molecule has 2 rings (SSSR count). The molecule has 84 valence electrons. The Hall–Kier alpha value is -1.61. The summed E-state index contributed by atoms with van der Waals surface area (Å²) in [5.74, 6) is 0. The van der Waals surface area contributed by atoms with Crippen molar-refractivity contribution in [2.45, 2.75) is 19.9 Å². The molecule has 0 aliphatic heterocycles. The first-order chi connectivity index (χ1) is 7.79. The zero-order valence-electron chi connectivity index (χ0n) is 9.56. The average molecular weight is 215 g/mol. The van der Waals surface area contributed by atoms with Crippen molar-refractivity contribution in [2.75, 3.05) is 6.54 Å². The van der Waals surface area contributed by atoms with Crippen LogP contribution in [0.15, 0.2) is 36.5 Å². The average Bonchev–Trinajstić information content (AvgIpc) is 2.67. The number of nitrogens with two attached hydrogens (primary N) is 1. The summed E-state index contributed by atoms with van der Waals surface area (Å²) in [5, 5.41) is 4.39. The quantitative estimate of drug-likeness (QED) is 0.844. The predicted molar refractivity (Wildman–Crippen MR) is 65.3 cm³/mol. The van der Waals surface area contributed by atoms with Crippen molar-refractivity contribution in [3.05, 3.63) is 53.3 Å². The summed E-state index contributed by atoms with van der Waals surface area (Å²) >= 11 is 0. The Morgan fingerprint density at radius 1 is 1.19 bits per heavy atom. The van der Waals surface area contributed by atoms with E-state index in [9.17, 15) is 0 Å². The highest BCUT2D eigenvalue weighted by atomic mass is 15.3. The van der Waals surface area contributed by atoms with E-state index in [-0.39, 0.29) is 0 Å². The maximum absolute atomic E-state index is 5.60. The van der Waals surface area contributed by atoms with E-state index >= 15 is 0 Å². The van der Waals surface area contributed by atoms with Gasteiger partial charge in [-0.2, -0.15) is 5.10 Å². The number of nitrogens with zero attached hydrogens (tertiary/aromatic N) is 2. The Morgan fingerprint density at radius 3 is 2.56 bits per heavy atom. The number of benzene rings is 1. The molecule has 1 aromatic carbocycles. The van der Waals surface area contributed by atoms with E-state index in [0.29, 0.717) is 6.54 Å². The smallest absolute Gasteiger partial charge is 0.0662 e. The fraction of sp³-hybridized carbons (Fsp3) is 0.308. The maximum atomic E-state index is 5.60. The molecule has 0 fully saturated rings. The molecule has 0 saturated heterocycles. The molecule has 0 bridgehead atoms. The Bertz CT molecular complexity index is 460. The van der Waals surface area contributed by atoms with Crippen LogP contribution in [0.3, 0.4) is 0 Å². The van der Waals surface area contributed by atoms with Crippen molar-refractivity contribution >= 4 is 0 Å². The second-order valence-corrected chi connectivity index (χ2v) is 3.96. The normalized spacial score (nSPS) is 10.6. The van der Waals surface area contributed by atoms with Crippen LogP contribution >= 0.6 is 0 Å². The lowest BCUT2D eigenvalue weighted by molar-refractivity contribution is 0.673. The van der Waals surface area contributed by atoms with Crippen LogP contribution in [0.1, 0.15) is 16.8 Å². The molecule has 0 radical (unpaired) electrons. The van der Waals surface area contributed by atoms with E-state index in [1.165, 1.54) is 11.1 Å². The molecule has 3 heteroatoms. The van der Waals surface area contributed by atoms with Crippen LogP contribution in [-0.4, -0.2) is 16.3 Å². The topological polar surface area (TPSA) is 43.8 Å². The van der Waals surface area contributed by atoms with Gasteiger partial charge in [0.25, 0.3) is 0 Å². The number of rotatable bonds is 4. The van der Waals surface area contributed by atoms with Crippen LogP contribution in [-0.2, 0) is 13.0 Å². The molecule has 0 spiro atoms. The predicted octanol–water partition coefficient (Wildman–Crippen LogP) is 1.74. The van der Waals surface area contributed by atoms with Gasteiger partial charge in [0.2, 0.25) is 0 Å². The van der Waals surface area contributed by atoms with Crippen LogP contribution in [0.4, 0.5) is 0 Å². The largest absolute Gasteiger partial charge is 0.330 e. The minimum atomic E-state index is 0.690. The van der Waals surface area contributed by atoms with E-state index in [1.54, 1.807) is 0 Å². The fourth-order valence-electron chi connectivity index (χ4n) is 1.84. The van der Waals surface area contributed by atoms with E-state index in [0.717, 1.165) is 18.7 Å². The third-order valence-electron chi connectivity index (χ3n) is 2.64. The molecule has 1 aromatic heterocycles. The molecule has 1 heterocycles. The van der Waals surface area contributed by atoms with Gasteiger partial charge in [-0.1, -0.05) is 24.3 Å². The van der Waals surface area contributed by atoms with Gasteiger partial charge in [-0.05, 0) is 37.1 Å². The highest BCUT2D eigenvalue weighted by molar-refractivity contribution is 5.27. The molecular weight excluding hydrogens is 198 g/mol. The highest BCUT2D eigenvalue weighted by Crippen LogP contribution is 2.10. The molecule has 2 N–H and O–H groups in total. The van der Waals surface area contributed by atoms with E-state index < -0.39 is 0 Å². The summed E-state index contributed by atoms with van der Waals surface area (Å²) in [7, 11) is 0. The fourth-order valence-corrected chi connectivity index (χ4v) is 1.84. The summed E-state index contributed by atoms with van der Waals surface area (Å²) in [6, 6.07) is 10.4. The molecule has 0 unspecified atom stereocenters. The van der Waals surface area contributed by atoms with Crippen molar-refractivity contribution in [3.63, 3.8) is 0 Å². The summed E-state index contributed by atoms with van der Waals surface area (Å²) in [6.07, 6.45) is 2.94. The molecule has 2 aromatic rings. The minimum absolute atomic E-state index is 0.690. The number of hydrogen-bond acceptors (Lipinski definition) is 2. The molecular formula is C13H17N3. The van der Waals surface area contributed by atoms with Gasteiger partial charge in [-0.25, -0.2) is 0 Å². The van der Waals surface area contributed by atoms with Gasteiger partial charge < -0.3 is 5.73 Å². The van der Waals surface area contributed by atoms with Gasteiger partial charge in [0, 0.05) is 6.20 Å². The summed E-state index contributed by atoms with van der Waals surface area (Å²) in [4.78, 5) is 0. The lowest BCUT2D eigenvalue weighted by atomic mass is 10.0. The zero-order chi connectivity index (χ0) is 11.4. The van der Waals surface area contributed by atoms with Crippen LogP contribution in [0.2, 0.25) is 0 Å². The first-order valence-electron chi connectivity index (χ1n) is 5.56. The van der Waals surface area contributed by atoms with Crippen LogP contribution in [0.25, 0.3) is 0 Å². The number of hydrogen-bond donors (Lipinski definition) is 1. The lowest BCUT2D eigenvalue weighted by Crippen LogP contribution is -2.08. The van der Waals surface area contributed by atoms with E-state index in [2.05, 4.69) is 29.4 Å². The van der Waals surface area contributed by atoms with Crippen LogP contribution < -0.4 is 5.73 Å². The lowest BCUT2D eigenvalue weighted by Gasteiger charge is -2.08. The maximum Gasteiger partial charge on any atom is 0.0662 e. The minimum Gasteiger partial charge on any atom is -0.330 e. The van der Waals surface area contributed by atoms with Crippen molar-refractivity contribution in [1.82, 2.24) is 9.78 Å². The van der Waals surface area contributed by atoms with Crippen molar-refractivity contribution in [1.29, 1.82) is 0 Å². The summed E-state index contributed by atoms with van der Waals surface area (Å²) in [5.41, 5.74) is 9.28. The van der Waals surface area contributed by atoms with Gasteiger partial charge in [0.15, 0.2) is 0 Å². The summed E-state index contributed by atoms with van der Waals surface area (Å²) in [6.45, 7) is 3.52. The van der Waals surface area contributed by atoms with E-state index in [4.69, 9.17) is 5.73 Å². The zero-order valence-corrected chi connectivity index (χ0v) is 9.56. The SMILES string of the molecule is Cc1ccn(Cc2ccccc2CCN)n1. The van der Waals surface area contributed by atoms with Crippen molar-refractivity contribution < 1.29 is 0 Å². The second kappa shape index (κ2) is 4.94. The number of aryl methyl sites for hydroxylation is 1. The summed E-state index contributed by atoms with van der Waals surface area (Å²) < 4.78 is 1.96. The van der Waals surface area contributed by atoms with E-state index in [1.807, 2.05) is 23.9 Å². The molecule has 3 nitrogen and oxygen atoms in total. The Morgan fingerprint density at radius 2 is 1.94 bits per heavy atom. The Labute approximate surface area is 95.9 Å². The van der Waals surface area contributed by atoms with Gasteiger partial charge in [-0.15, -0.1) is 0 Å². The first-order valence-corrected chi connectivity index (χ1v) is 5.56. The molecule has 16 heavy (non-hydrogen) atoms. The highest BCUT2D eigenvalue weighted by Gasteiger charge is 2.02. The van der Waals surface area contributed by atoms with Gasteiger partial charge >= 0.3 is 0 Å². The van der Waals surface area contributed by atoms with Crippen LogP contribution in [0, 0.1) is 6.92 Å². The second-order valence-electron chi connectivity index (χ2n) is 3.96. The Kier molecular flexibility index (Phi) is 3.37. The molecule has 0 aliphatic rings. The van der Waals surface area contributed by atoms with Gasteiger partial charge in [0.1, 0.15) is 0 Å². The molecule has 0 atom stereocenters. The van der Waals surface area contributed by atoms with Crippen LogP contribution in [0.5, 0.6) is 0 Å². The first kappa shape index (κ1) is 10.9. The molecule has 0 aliphatic carbocycles. The monoisotopic (exact) mass is 215 g/mol. The Balaban J connectivity index is 2.20. The van der Waals surface area contributed by atoms with Crippen molar-refractivity contribution in [2.24, 2.45) is 5.73 Å². The van der Waals surface area contributed by atoms with Crippen molar-refractivity contribution in [3.8, 4) is 0 Å².